The second-order valence-corrected chi connectivity index (χ2v) is 5.22. The monoisotopic (exact) mass is 287 g/mol. The van der Waals surface area contributed by atoms with E-state index in [-0.39, 0.29) is 6.61 Å². The Morgan fingerprint density at radius 1 is 1.14 bits per heavy atom. The summed E-state index contributed by atoms with van der Waals surface area (Å²) < 4.78 is 2.06. The normalized spacial score (nSPS) is 11.2. The van der Waals surface area contributed by atoms with Crippen LogP contribution >= 0.6 is 0 Å². The van der Waals surface area contributed by atoms with Crippen molar-refractivity contribution in [3.63, 3.8) is 0 Å². The van der Waals surface area contributed by atoms with Gasteiger partial charge in [0.25, 0.3) is 0 Å². The molecule has 21 heavy (non-hydrogen) atoms. The minimum Gasteiger partial charge on any atom is -0.395 e. The maximum atomic E-state index is 9.31. The lowest BCUT2D eigenvalue weighted by Crippen LogP contribution is -2.27. The molecule has 1 aromatic heterocycles. The number of hydrogen-bond donors (Lipinski definition) is 1. The van der Waals surface area contributed by atoms with Gasteiger partial charge >= 0.3 is 0 Å². The largest absolute Gasteiger partial charge is 0.395 e. The van der Waals surface area contributed by atoms with E-state index >= 15 is 0 Å². The zero-order valence-corrected chi connectivity index (χ0v) is 13.0. The second-order valence-electron chi connectivity index (χ2n) is 5.22. The summed E-state index contributed by atoms with van der Waals surface area (Å²) in [5.41, 5.74) is 3.62. The molecule has 1 aromatic carbocycles. The molecule has 2 aromatic rings. The van der Waals surface area contributed by atoms with E-state index in [9.17, 15) is 5.11 Å². The Morgan fingerprint density at radius 2 is 1.90 bits per heavy atom. The fraction of sp³-hybridized carbons (Fsp3) is 0.471. The molecule has 2 rings (SSSR count). The fourth-order valence-electron chi connectivity index (χ4n) is 2.51. The highest BCUT2D eigenvalue weighted by Crippen LogP contribution is 2.12. The molecule has 0 saturated heterocycles. The summed E-state index contributed by atoms with van der Waals surface area (Å²) in [6.07, 6.45) is 0.957. The Morgan fingerprint density at radius 3 is 2.52 bits per heavy atom. The van der Waals surface area contributed by atoms with Crippen molar-refractivity contribution in [2.75, 3.05) is 13.2 Å². The van der Waals surface area contributed by atoms with E-state index in [0.717, 1.165) is 31.7 Å². The number of aliphatic hydroxyl groups excluding tert-OH is 1. The van der Waals surface area contributed by atoms with Crippen molar-refractivity contribution in [1.29, 1.82) is 0 Å². The van der Waals surface area contributed by atoms with Crippen molar-refractivity contribution < 1.29 is 5.11 Å². The van der Waals surface area contributed by atoms with Crippen LogP contribution in [0.25, 0.3) is 0 Å². The molecule has 114 valence electrons. The van der Waals surface area contributed by atoms with Crippen molar-refractivity contribution in [3.05, 3.63) is 53.3 Å². The number of benzene rings is 1. The van der Waals surface area contributed by atoms with Gasteiger partial charge in [0.1, 0.15) is 0 Å². The lowest BCUT2D eigenvalue weighted by molar-refractivity contribution is 0.181. The average molecular weight is 287 g/mol. The molecule has 0 bridgehead atoms. The summed E-state index contributed by atoms with van der Waals surface area (Å²) in [4.78, 5) is 2.26. The van der Waals surface area contributed by atoms with Gasteiger partial charge in [-0.1, -0.05) is 37.3 Å². The van der Waals surface area contributed by atoms with Gasteiger partial charge in [-0.15, -0.1) is 0 Å². The first-order valence-electron chi connectivity index (χ1n) is 7.69. The van der Waals surface area contributed by atoms with Crippen LogP contribution in [0.3, 0.4) is 0 Å². The molecule has 0 radical (unpaired) electrons. The van der Waals surface area contributed by atoms with Crippen LogP contribution in [0.4, 0.5) is 0 Å². The van der Waals surface area contributed by atoms with Crippen LogP contribution in [0.15, 0.2) is 36.4 Å². The van der Waals surface area contributed by atoms with Crippen molar-refractivity contribution in [1.82, 2.24) is 14.7 Å². The summed E-state index contributed by atoms with van der Waals surface area (Å²) in [6.45, 7) is 7.63. The standard InChI is InChI=1S/C17H25N3O/c1-3-16-12-17(20(4-2)18-16)14-19(10-11-21)13-15-8-6-5-7-9-15/h5-9,12,21H,3-4,10-11,13-14H2,1-2H3. The number of hydrogen-bond acceptors (Lipinski definition) is 3. The summed E-state index contributed by atoms with van der Waals surface area (Å²) in [6, 6.07) is 12.6. The van der Waals surface area contributed by atoms with Crippen molar-refractivity contribution in [2.45, 2.75) is 39.9 Å². The zero-order valence-electron chi connectivity index (χ0n) is 13.0. The zero-order chi connectivity index (χ0) is 15.1. The number of aryl methyl sites for hydroxylation is 2. The molecule has 0 fully saturated rings. The number of aliphatic hydroxyl groups is 1. The highest BCUT2D eigenvalue weighted by atomic mass is 16.3. The van der Waals surface area contributed by atoms with Crippen molar-refractivity contribution >= 4 is 0 Å². The molecule has 0 atom stereocenters. The van der Waals surface area contributed by atoms with Crippen LogP contribution in [-0.4, -0.2) is 32.9 Å². The van der Waals surface area contributed by atoms with E-state index in [1.54, 1.807) is 0 Å². The number of rotatable bonds is 8. The summed E-state index contributed by atoms with van der Waals surface area (Å²) in [5, 5.41) is 13.9. The summed E-state index contributed by atoms with van der Waals surface area (Å²) in [7, 11) is 0. The summed E-state index contributed by atoms with van der Waals surface area (Å²) in [5.74, 6) is 0. The van der Waals surface area contributed by atoms with E-state index in [2.05, 4.69) is 58.9 Å². The lowest BCUT2D eigenvalue weighted by Gasteiger charge is -2.21. The highest BCUT2D eigenvalue weighted by Gasteiger charge is 2.11. The lowest BCUT2D eigenvalue weighted by atomic mass is 10.2. The topological polar surface area (TPSA) is 41.3 Å². The van der Waals surface area contributed by atoms with E-state index in [1.165, 1.54) is 11.3 Å². The fourth-order valence-corrected chi connectivity index (χ4v) is 2.51. The quantitative estimate of drug-likeness (QED) is 0.811. The van der Waals surface area contributed by atoms with Crippen molar-refractivity contribution in [2.24, 2.45) is 0 Å². The Hall–Kier alpha value is -1.65. The molecule has 0 aliphatic carbocycles. The van der Waals surface area contributed by atoms with E-state index in [1.807, 2.05) is 6.07 Å². The van der Waals surface area contributed by atoms with Gasteiger partial charge in [0.05, 0.1) is 18.0 Å². The molecule has 0 amide bonds. The summed E-state index contributed by atoms with van der Waals surface area (Å²) >= 11 is 0. The third-order valence-corrected chi connectivity index (χ3v) is 3.63. The minimum atomic E-state index is 0.174. The Labute approximate surface area is 127 Å². The molecule has 1 N–H and O–H groups in total. The molecule has 0 spiro atoms. The number of aromatic nitrogens is 2. The van der Waals surface area contributed by atoms with Crippen LogP contribution in [-0.2, 0) is 26.1 Å². The third kappa shape index (κ3) is 4.41. The molecule has 0 aliphatic rings. The minimum absolute atomic E-state index is 0.174. The first kappa shape index (κ1) is 15.7. The molecule has 1 heterocycles. The van der Waals surface area contributed by atoms with Gasteiger partial charge in [-0.3, -0.25) is 9.58 Å². The molecule has 0 saturated carbocycles. The van der Waals surface area contributed by atoms with Gasteiger partial charge in [-0.05, 0) is 25.0 Å². The molecule has 4 nitrogen and oxygen atoms in total. The first-order chi connectivity index (χ1) is 10.3. The maximum absolute atomic E-state index is 9.31. The number of nitrogens with zero attached hydrogens (tertiary/aromatic N) is 3. The van der Waals surface area contributed by atoms with E-state index < -0.39 is 0 Å². The van der Waals surface area contributed by atoms with E-state index in [0.29, 0.717) is 6.54 Å². The third-order valence-electron chi connectivity index (χ3n) is 3.63. The van der Waals surface area contributed by atoms with Gasteiger partial charge in [0.2, 0.25) is 0 Å². The Kier molecular flexibility index (Phi) is 5.96. The molecule has 4 heteroatoms. The predicted octanol–water partition coefficient (Wildman–Crippen LogP) is 2.46. The van der Waals surface area contributed by atoms with Gasteiger partial charge in [0, 0.05) is 26.2 Å². The van der Waals surface area contributed by atoms with E-state index in [4.69, 9.17) is 0 Å². The Balaban J connectivity index is 2.10. The molecule has 0 aliphatic heterocycles. The van der Waals surface area contributed by atoms with Gasteiger partial charge in [0.15, 0.2) is 0 Å². The molecular formula is C17H25N3O. The van der Waals surface area contributed by atoms with Gasteiger partial charge < -0.3 is 5.11 Å². The average Bonchev–Trinajstić information content (AvgIpc) is 2.90. The smallest absolute Gasteiger partial charge is 0.0625 e. The SMILES string of the molecule is CCc1cc(CN(CCO)Cc2ccccc2)n(CC)n1. The second kappa shape index (κ2) is 7.96. The van der Waals surface area contributed by atoms with Crippen LogP contribution in [0.1, 0.15) is 30.8 Å². The maximum Gasteiger partial charge on any atom is 0.0625 e. The van der Waals surface area contributed by atoms with Crippen LogP contribution in [0.5, 0.6) is 0 Å². The predicted molar refractivity (Wildman–Crippen MR) is 84.9 cm³/mol. The van der Waals surface area contributed by atoms with Crippen LogP contribution in [0.2, 0.25) is 0 Å². The van der Waals surface area contributed by atoms with Crippen LogP contribution in [0, 0.1) is 0 Å². The van der Waals surface area contributed by atoms with Gasteiger partial charge in [-0.25, -0.2) is 0 Å². The van der Waals surface area contributed by atoms with Crippen LogP contribution < -0.4 is 0 Å². The van der Waals surface area contributed by atoms with Gasteiger partial charge in [-0.2, -0.15) is 5.10 Å². The highest BCUT2D eigenvalue weighted by molar-refractivity contribution is 5.15. The molecular weight excluding hydrogens is 262 g/mol. The Bertz CT molecular complexity index is 536. The van der Waals surface area contributed by atoms with Crippen molar-refractivity contribution in [3.8, 4) is 0 Å². The molecule has 0 unspecified atom stereocenters. The first-order valence-corrected chi connectivity index (χ1v) is 7.69.